The lowest BCUT2D eigenvalue weighted by Gasteiger charge is -2.18. The number of alkyl halides is 1. The first-order chi connectivity index (χ1) is 8.43. The number of amides is 1. The zero-order chi connectivity index (χ0) is 13.7. The Morgan fingerprint density at radius 1 is 1.50 bits per heavy atom. The maximum absolute atomic E-state index is 12.0. The second kappa shape index (κ2) is 7.00. The standard InChI is InChI=1S/C13H17BrClNO2/c1-8(2)5-10(7-15)16-13(18)11-6-9(14)3-4-12(11)17/h3-4,6,8,10,17H,5,7H2,1-2H3,(H,16,18). The van der Waals surface area contributed by atoms with Crippen LogP contribution >= 0.6 is 27.5 Å². The second-order valence-electron chi connectivity index (χ2n) is 4.62. The van der Waals surface area contributed by atoms with Gasteiger partial charge in [0.15, 0.2) is 0 Å². The molecular formula is C13H17BrClNO2. The third-order valence-corrected chi connectivity index (χ3v) is 3.35. The Hall–Kier alpha value is -0.740. The lowest BCUT2D eigenvalue weighted by molar-refractivity contribution is 0.0934. The van der Waals surface area contributed by atoms with Crippen molar-refractivity contribution in [2.45, 2.75) is 26.3 Å². The molecule has 0 fully saturated rings. The van der Waals surface area contributed by atoms with E-state index in [0.717, 1.165) is 10.9 Å². The summed E-state index contributed by atoms with van der Waals surface area (Å²) in [6, 6.07) is 4.67. The van der Waals surface area contributed by atoms with Crippen LogP contribution in [-0.4, -0.2) is 22.9 Å². The lowest BCUT2D eigenvalue weighted by atomic mass is 10.0. The van der Waals surface area contributed by atoms with Gasteiger partial charge in [-0.05, 0) is 30.5 Å². The smallest absolute Gasteiger partial charge is 0.255 e. The van der Waals surface area contributed by atoms with Gasteiger partial charge in [-0.1, -0.05) is 29.8 Å². The molecule has 2 N–H and O–H groups in total. The average Bonchev–Trinajstić information content (AvgIpc) is 2.30. The molecule has 100 valence electrons. The van der Waals surface area contributed by atoms with Crippen molar-refractivity contribution in [3.05, 3.63) is 28.2 Å². The summed E-state index contributed by atoms with van der Waals surface area (Å²) in [5.74, 6) is 0.470. The normalized spacial score (nSPS) is 12.5. The molecule has 1 aromatic rings. The average molecular weight is 335 g/mol. The zero-order valence-electron chi connectivity index (χ0n) is 10.4. The van der Waals surface area contributed by atoms with E-state index < -0.39 is 0 Å². The Morgan fingerprint density at radius 2 is 2.17 bits per heavy atom. The van der Waals surface area contributed by atoms with Crippen molar-refractivity contribution in [1.29, 1.82) is 0 Å². The van der Waals surface area contributed by atoms with Gasteiger partial charge in [0.2, 0.25) is 0 Å². The number of phenols is 1. The topological polar surface area (TPSA) is 49.3 Å². The highest BCUT2D eigenvalue weighted by Gasteiger charge is 2.17. The van der Waals surface area contributed by atoms with Gasteiger partial charge in [0.1, 0.15) is 5.75 Å². The first-order valence-electron chi connectivity index (χ1n) is 5.79. The van der Waals surface area contributed by atoms with Crippen molar-refractivity contribution in [1.82, 2.24) is 5.32 Å². The van der Waals surface area contributed by atoms with Gasteiger partial charge >= 0.3 is 0 Å². The SMILES string of the molecule is CC(C)CC(CCl)NC(=O)c1cc(Br)ccc1O. The molecule has 5 heteroatoms. The van der Waals surface area contributed by atoms with Crippen molar-refractivity contribution in [2.75, 3.05) is 5.88 Å². The number of halogens is 2. The fourth-order valence-corrected chi connectivity index (χ4v) is 2.25. The molecule has 0 heterocycles. The van der Waals surface area contributed by atoms with Crippen LogP contribution in [0, 0.1) is 5.92 Å². The highest BCUT2D eigenvalue weighted by atomic mass is 79.9. The largest absolute Gasteiger partial charge is 0.507 e. The van der Waals surface area contributed by atoms with Gasteiger partial charge in [0.05, 0.1) is 5.56 Å². The van der Waals surface area contributed by atoms with Crippen LogP contribution in [0.4, 0.5) is 0 Å². The fraction of sp³-hybridized carbons (Fsp3) is 0.462. The highest BCUT2D eigenvalue weighted by molar-refractivity contribution is 9.10. The predicted octanol–water partition coefficient (Wildman–Crippen LogP) is 3.54. The van der Waals surface area contributed by atoms with Gasteiger partial charge in [-0.2, -0.15) is 0 Å². The van der Waals surface area contributed by atoms with E-state index in [1.807, 2.05) is 0 Å². The third kappa shape index (κ3) is 4.50. The minimum absolute atomic E-state index is 0.0337. The van der Waals surface area contributed by atoms with E-state index in [9.17, 15) is 9.90 Å². The van der Waals surface area contributed by atoms with E-state index in [1.54, 1.807) is 12.1 Å². The van der Waals surface area contributed by atoms with Gasteiger partial charge in [0.25, 0.3) is 5.91 Å². The van der Waals surface area contributed by atoms with Crippen molar-refractivity contribution in [2.24, 2.45) is 5.92 Å². The van der Waals surface area contributed by atoms with Crippen LogP contribution in [0.15, 0.2) is 22.7 Å². The molecule has 0 saturated carbocycles. The van der Waals surface area contributed by atoms with Crippen molar-refractivity contribution >= 4 is 33.4 Å². The number of hydrogen-bond donors (Lipinski definition) is 2. The van der Waals surface area contributed by atoms with E-state index in [2.05, 4.69) is 35.1 Å². The second-order valence-corrected chi connectivity index (χ2v) is 5.84. The highest BCUT2D eigenvalue weighted by Crippen LogP contribution is 2.22. The van der Waals surface area contributed by atoms with Crippen LogP contribution in [0.25, 0.3) is 0 Å². The van der Waals surface area contributed by atoms with E-state index >= 15 is 0 Å². The van der Waals surface area contributed by atoms with Gasteiger partial charge < -0.3 is 10.4 Å². The zero-order valence-corrected chi connectivity index (χ0v) is 12.8. The van der Waals surface area contributed by atoms with Gasteiger partial charge in [0, 0.05) is 16.4 Å². The summed E-state index contributed by atoms with van der Waals surface area (Å²) < 4.78 is 0.747. The van der Waals surface area contributed by atoms with Crippen LogP contribution in [0.5, 0.6) is 5.75 Å². The fourth-order valence-electron chi connectivity index (χ4n) is 1.68. The Labute approximate surface area is 121 Å². The molecule has 18 heavy (non-hydrogen) atoms. The quantitative estimate of drug-likeness (QED) is 0.809. The molecule has 1 rings (SSSR count). The molecule has 3 nitrogen and oxygen atoms in total. The summed E-state index contributed by atoms with van der Waals surface area (Å²) >= 11 is 9.10. The molecule has 0 aliphatic carbocycles. The molecule has 0 aromatic heterocycles. The molecule has 0 aliphatic rings. The molecule has 1 unspecified atom stereocenters. The number of benzene rings is 1. The van der Waals surface area contributed by atoms with Gasteiger partial charge in [-0.3, -0.25) is 4.79 Å². The van der Waals surface area contributed by atoms with Crippen LogP contribution in [0.2, 0.25) is 0 Å². The molecule has 0 spiro atoms. The molecule has 1 atom stereocenters. The maximum Gasteiger partial charge on any atom is 0.255 e. The van der Waals surface area contributed by atoms with E-state index in [-0.39, 0.29) is 23.3 Å². The van der Waals surface area contributed by atoms with Crippen molar-refractivity contribution < 1.29 is 9.90 Å². The summed E-state index contributed by atoms with van der Waals surface area (Å²) in [6.07, 6.45) is 0.810. The van der Waals surface area contributed by atoms with Crippen LogP contribution < -0.4 is 5.32 Å². The molecule has 1 aromatic carbocycles. The number of aromatic hydroxyl groups is 1. The predicted molar refractivity (Wildman–Crippen MR) is 77.2 cm³/mol. The Bertz CT molecular complexity index is 423. The first kappa shape index (κ1) is 15.3. The van der Waals surface area contributed by atoms with E-state index in [4.69, 9.17) is 11.6 Å². The number of phenolic OH excluding ortho intramolecular Hbond substituents is 1. The number of nitrogens with one attached hydrogen (secondary N) is 1. The summed E-state index contributed by atoms with van der Waals surface area (Å²) in [7, 11) is 0. The first-order valence-corrected chi connectivity index (χ1v) is 7.12. The number of carbonyl (C=O) groups is 1. The summed E-state index contributed by atoms with van der Waals surface area (Å²) in [5.41, 5.74) is 0.253. The van der Waals surface area contributed by atoms with Crippen LogP contribution in [0.1, 0.15) is 30.6 Å². The Kier molecular flexibility index (Phi) is 5.96. The lowest BCUT2D eigenvalue weighted by Crippen LogP contribution is -2.37. The minimum Gasteiger partial charge on any atom is -0.507 e. The summed E-state index contributed by atoms with van der Waals surface area (Å²) in [5, 5.41) is 12.5. The van der Waals surface area contributed by atoms with Crippen LogP contribution in [0.3, 0.4) is 0 Å². The third-order valence-electron chi connectivity index (χ3n) is 2.48. The van der Waals surface area contributed by atoms with E-state index in [0.29, 0.717) is 11.8 Å². The minimum atomic E-state index is -0.305. The van der Waals surface area contributed by atoms with E-state index in [1.165, 1.54) is 6.07 Å². The summed E-state index contributed by atoms with van der Waals surface area (Å²) in [4.78, 5) is 12.0. The van der Waals surface area contributed by atoms with Crippen molar-refractivity contribution in [3.63, 3.8) is 0 Å². The molecule has 0 aliphatic heterocycles. The molecule has 0 bridgehead atoms. The number of hydrogen-bond acceptors (Lipinski definition) is 2. The Balaban J connectivity index is 2.77. The molecule has 0 saturated heterocycles. The van der Waals surface area contributed by atoms with Crippen LogP contribution in [-0.2, 0) is 0 Å². The molecule has 0 radical (unpaired) electrons. The van der Waals surface area contributed by atoms with Gasteiger partial charge in [-0.15, -0.1) is 11.6 Å². The number of rotatable bonds is 5. The molecular weight excluding hydrogens is 318 g/mol. The van der Waals surface area contributed by atoms with Gasteiger partial charge in [-0.25, -0.2) is 0 Å². The monoisotopic (exact) mass is 333 g/mol. The maximum atomic E-state index is 12.0. The Morgan fingerprint density at radius 3 is 2.72 bits per heavy atom. The summed E-state index contributed by atoms with van der Waals surface area (Å²) in [6.45, 7) is 4.14. The number of carbonyl (C=O) groups excluding carboxylic acids is 1. The molecule has 1 amide bonds. The van der Waals surface area contributed by atoms with Crippen molar-refractivity contribution in [3.8, 4) is 5.75 Å².